The molecule has 0 unspecified atom stereocenters. The Kier molecular flexibility index (Phi) is 7.19. The van der Waals surface area contributed by atoms with Crippen molar-refractivity contribution in [2.75, 3.05) is 33.4 Å². The molecule has 9 nitrogen and oxygen atoms in total. The van der Waals surface area contributed by atoms with E-state index in [0.717, 1.165) is 13.1 Å². The summed E-state index contributed by atoms with van der Waals surface area (Å²) in [6, 6.07) is -0.0650. The van der Waals surface area contributed by atoms with Gasteiger partial charge in [-0.3, -0.25) is 9.69 Å². The van der Waals surface area contributed by atoms with Crippen molar-refractivity contribution in [2.45, 2.75) is 51.2 Å². The van der Waals surface area contributed by atoms with Crippen LogP contribution in [0.1, 0.15) is 45.0 Å². The van der Waals surface area contributed by atoms with Gasteiger partial charge in [0.1, 0.15) is 11.9 Å². The summed E-state index contributed by atoms with van der Waals surface area (Å²) in [6.45, 7) is 6.74. The molecule has 1 spiro atoms. The summed E-state index contributed by atoms with van der Waals surface area (Å²) in [7, 11) is 1.64. The highest BCUT2D eigenvalue weighted by molar-refractivity contribution is 6.07. The predicted molar refractivity (Wildman–Crippen MR) is 102 cm³/mol. The number of carbonyl (C=O) groups is 2. The molecule has 1 aromatic rings. The second kappa shape index (κ2) is 8.99. The Balaban J connectivity index is 0.00000261. The molecule has 2 fully saturated rings. The third-order valence-corrected chi connectivity index (χ3v) is 5.29. The number of hydrogen-bond acceptors (Lipinski definition) is 6. The first-order valence-electron chi connectivity index (χ1n) is 9.23. The molecule has 152 valence electrons. The topological polar surface area (TPSA) is 92.6 Å². The van der Waals surface area contributed by atoms with E-state index in [-0.39, 0.29) is 36.9 Å². The van der Waals surface area contributed by atoms with Crippen LogP contribution in [0.25, 0.3) is 0 Å². The van der Waals surface area contributed by atoms with E-state index in [1.165, 1.54) is 4.90 Å². The number of halogens is 1. The second-order valence-corrected chi connectivity index (χ2v) is 7.20. The lowest BCUT2D eigenvalue weighted by molar-refractivity contribution is -0.135. The van der Waals surface area contributed by atoms with Gasteiger partial charge < -0.3 is 19.5 Å². The van der Waals surface area contributed by atoms with Gasteiger partial charge in [-0.2, -0.15) is 0 Å². The molecule has 3 rings (SSSR count). The van der Waals surface area contributed by atoms with Crippen molar-refractivity contribution in [1.82, 2.24) is 29.9 Å². The Morgan fingerprint density at radius 2 is 2.00 bits per heavy atom. The molecule has 2 aliphatic rings. The average Bonchev–Trinajstić information content (AvgIpc) is 3.17. The summed E-state index contributed by atoms with van der Waals surface area (Å²) < 4.78 is 7.02. The highest BCUT2D eigenvalue weighted by Gasteiger charge is 2.57. The van der Waals surface area contributed by atoms with Crippen LogP contribution in [0.5, 0.6) is 0 Å². The third-order valence-electron chi connectivity index (χ3n) is 5.29. The summed E-state index contributed by atoms with van der Waals surface area (Å²) in [5, 5.41) is 11.3. The lowest BCUT2D eigenvalue weighted by Crippen LogP contribution is -2.56. The van der Waals surface area contributed by atoms with Gasteiger partial charge in [-0.25, -0.2) is 4.79 Å². The van der Waals surface area contributed by atoms with E-state index in [2.05, 4.69) is 15.5 Å². The number of hydrogen-bond donors (Lipinski definition) is 1. The first-order valence-corrected chi connectivity index (χ1v) is 9.23. The molecular formula is C17H29ClN6O3. The molecule has 0 radical (unpaired) electrons. The smallest absolute Gasteiger partial charge is 0.328 e. The minimum Gasteiger partial charge on any atom is -0.385 e. The SMILES string of the molecule is COCCCN1C(=O)N(Cc2nncn2C(C)C)C(=O)C12CCNCC2.Cl. The Hall–Kier alpha value is -1.71. The van der Waals surface area contributed by atoms with Crippen LogP contribution in [0.2, 0.25) is 0 Å². The Labute approximate surface area is 165 Å². The molecule has 10 heteroatoms. The molecule has 0 saturated carbocycles. The lowest BCUT2D eigenvalue weighted by atomic mass is 9.86. The molecule has 0 bridgehead atoms. The number of ether oxygens (including phenoxy) is 1. The average molecular weight is 401 g/mol. The molecule has 0 atom stereocenters. The van der Waals surface area contributed by atoms with Crippen molar-refractivity contribution >= 4 is 24.3 Å². The fourth-order valence-corrected chi connectivity index (χ4v) is 3.88. The van der Waals surface area contributed by atoms with Gasteiger partial charge in [0.05, 0.1) is 6.54 Å². The van der Waals surface area contributed by atoms with Crippen LogP contribution in [0, 0.1) is 0 Å². The summed E-state index contributed by atoms with van der Waals surface area (Å²) >= 11 is 0. The number of methoxy groups -OCH3 is 1. The van der Waals surface area contributed by atoms with E-state index in [0.29, 0.717) is 38.2 Å². The predicted octanol–water partition coefficient (Wildman–Crippen LogP) is 1.20. The molecule has 0 aliphatic carbocycles. The minimum atomic E-state index is -0.737. The van der Waals surface area contributed by atoms with E-state index in [1.807, 2.05) is 18.4 Å². The van der Waals surface area contributed by atoms with Crippen LogP contribution in [-0.2, 0) is 16.1 Å². The molecule has 1 N–H and O–H groups in total. The molecule has 1 aromatic heterocycles. The standard InChI is InChI=1S/C17H28N6O3.ClH/c1-13(2)22-12-19-20-14(22)11-21-15(24)17(5-7-18-8-6-17)23(16(21)25)9-4-10-26-3;/h12-13,18H,4-11H2,1-3H3;1H. The lowest BCUT2D eigenvalue weighted by Gasteiger charge is -2.38. The fraction of sp³-hybridized carbons (Fsp3) is 0.765. The molecule has 3 heterocycles. The summed E-state index contributed by atoms with van der Waals surface area (Å²) in [4.78, 5) is 29.5. The van der Waals surface area contributed by atoms with Crippen molar-refractivity contribution in [2.24, 2.45) is 0 Å². The zero-order valence-corrected chi connectivity index (χ0v) is 17.0. The van der Waals surface area contributed by atoms with Crippen LogP contribution < -0.4 is 5.32 Å². The first kappa shape index (κ1) is 21.6. The number of amides is 3. The van der Waals surface area contributed by atoms with Gasteiger partial charge in [-0.1, -0.05) is 0 Å². The Morgan fingerprint density at radius 1 is 1.30 bits per heavy atom. The first-order chi connectivity index (χ1) is 12.5. The van der Waals surface area contributed by atoms with Crippen molar-refractivity contribution in [3.05, 3.63) is 12.2 Å². The number of aromatic nitrogens is 3. The normalized spacial score (nSPS) is 19.3. The third kappa shape index (κ3) is 3.95. The van der Waals surface area contributed by atoms with E-state index < -0.39 is 5.54 Å². The molecule has 27 heavy (non-hydrogen) atoms. The molecule has 0 aromatic carbocycles. The zero-order chi connectivity index (χ0) is 18.7. The largest absolute Gasteiger partial charge is 0.385 e. The number of imide groups is 1. The number of carbonyl (C=O) groups excluding carboxylic acids is 2. The van der Waals surface area contributed by atoms with Crippen molar-refractivity contribution < 1.29 is 14.3 Å². The van der Waals surface area contributed by atoms with Crippen LogP contribution in [0.3, 0.4) is 0 Å². The number of rotatable bonds is 7. The van der Waals surface area contributed by atoms with Crippen LogP contribution in [0.15, 0.2) is 6.33 Å². The van der Waals surface area contributed by atoms with Gasteiger partial charge in [0, 0.05) is 26.3 Å². The summed E-state index contributed by atoms with van der Waals surface area (Å²) in [5.74, 6) is 0.518. The van der Waals surface area contributed by atoms with E-state index in [1.54, 1.807) is 18.3 Å². The van der Waals surface area contributed by atoms with Gasteiger partial charge in [0.25, 0.3) is 5.91 Å². The molecule has 3 amide bonds. The molecular weight excluding hydrogens is 372 g/mol. The van der Waals surface area contributed by atoms with Crippen LogP contribution >= 0.6 is 12.4 Å². The van der Waals surface area contributed by atoms with Crippen LogP contribution in [0.4, 0.5) is 4.79 Å². The summed E-state index contributed by atoms with van der Waals surface area (Å²) in [5.41, 5.74) is -0.737. The van der Waals surface area contributed by atoms with E-state index in [9.17, 15) is 9.59 Å². The Morgan fingerprint density at radius 3 is 2.63 bits per heavy atom. The maximum Gasteiger partial charge on any atom is 0.328 e. The monoisotopic (exact) mass is 400 g/mol. The van der Waals surface area contributed by atoms with Crippen molar-refractivity contribution in [3.63, 3.8) is 0 Å². The van der Waals surface area contributed by atoms with Crippen molar-refractivity contribution in [3.8, 4) is 0 Å². The van der Waals surface area contributed by atoms with Gasteiger partial charge in [0.2, 0.25) is 0 Å². The number of urea groups is 1. The minimum absolute atomic E-state index is 0. The highest BCUT2D eigenvalue weighted by Crippen LogP contribution is 2.36. The van der Waals surface area contributed by atoms with Gasteiger partial charge in [0.15, 0.2) is 5.82 Å². The quantitative estimate of drug-likeness (QED) is 0.546. The zero-order valence-electron chi connectivity index (χ0n) is 16.2. The van der Waals surface area contributed by atoms with Gasteiger partial charge >= 0.3 is 6.03 Å². The Bertz CT molecular complexity index is 659. The second-order valence-electron chi connectivity index (χ2n) is 7.20. The number of nitrogens with zero attached hydrogens (tertiary/aromatic N) is 5. The van der Waals surface area contributed by atoms with E-state index >= 15 is 0 Å². The molecule has 2 aliphatic heterocycles. The fourth-order valence-electron chi connectivity index (χ4n) is 3.88. The number of nitrogens with one attached hydrogen (secondary N) is 1. The maximum atomic E-state index is 13.3. The van der Waals surface area contributed by atoms with Gasteiger partial charge in [-0.15, -0.1) is 22.6 Å². The molecule has 2 saturated heterocycles. The maximum absolute atomic E-state index is 13.3. The van der Waals surface area contributed by atoms with Gasteiger partial charge in [-0.05, 0) is 46.2 Å². The van der Waals surface area contributed by atoms with Crippen LogP contribution in [-0.4, -0.2) is 75.4 Å². The highest BCUT2D eigenvalue weighted by atomic mass is 35.5. The van der Waals surface area contributed by atoms with E-state index in [4.69, 9.17) is 4.74 Å². The number of piperidine rings is 1. The van der Waals surface area contributed by atoms with Crippen molar-refractivity contribution in [1.29, 1.82) is 0 Å². The summed E-state index contributed by atoms with van der Waals surface area (Å²) in [6.07, 6.45) is 3.62.